The van der Waals surface area contributed by atoms with Gasteiger partial charge in [0, 0.05) is 24.3 Å². The first kappa shape index (κ1) is 20.0. The molecule has 132 valence electrons. The van der Waals surface area contributed by atoms with Gasteiger partial charge in [-0.3, -0.25) is 0 Å². The molecule has 0 unspecified atom stereocenters. The number of hydrogen-bond acceptors (Lipinski definition) is 5. The average Bonchev–Trinajstić information content (AvgIpc) is 2.34. The second kappa shape index (κ2) is 6.12. The Bertz CT molecular complexity index is 773. The lowest BCUT2D eigenvalue weighted by atomic mass is 10.1. The van der Waals surface area contributed by atoms with Crippen LogP contribution in [0.4, 0.5) is 0 Å². The number of nitrogens with zero attached hydrogens (tertiary/aromatic N) is 2. The zero-order valence-electron chi connectivity index (χ0n) is 14.6. The number of aromatic nitrogens is 1. The monoisotopic (exact) mass is 363 g/mol. The van der Waals surface area contributed by atoms with Crippen molar-refractivity contribution in [3.63, 3.8) is 0 Å². The minimum Gasteiger partial charge on any atom is -0.242 e. The highest BCUT2D eigenvalue weighted by atomic mass is 32.2. The fraction of sp³-hybridized carbons (Fsp3) is 0.643. The lowest BCUT2D eigenvalue weighted by Gasteiger charge is -2.31. The average molecular weight is 364 g/mol. The Kier molecular flexibility index (Phi) is 5.32. The highest BCUT2D eigenvalue weighted by Crippen LogP contribution is 2.26. The summed E-state index contributed by atoms with van der Waals surface area (Å²) in [5, 5.41) is -0.494. The molecule has 0 atom stereocenters. The topological polar surface area (TPSA) is 96.4 Å². The minimum atomic E-state index is -4.08. The van der Waals surface area contributed by atoms with Crippen molar-refractivity contribution < 1.29 is 16.8 Å². The lowest BCUT2D eigenvalue weighted by molar-refractivity contribution is 0.291. The van der Waals surface area contributed by atoms with Gasteiger partial charge in [0.1, 0.15) is 4.90 Å². The molecule has 1 aromatic heterocycles. The molecule has 0 fully saturated rings. The zero-order valence-corrected chi connectivity index (χ0v) is 16.2. The van der Waals surface area contributed by atoms with Crippen LogP contribution in [0, 0.1) is 0 Å². The molecule has 23 heavy (non-hydrogen) atoms. The highest BCUT2D eigenvalue weighted by Gasteiger charge is 2.36. The summed E-state index contributed by atoms with van der Waals surface area (Å²) in [5.74, 6) is 0. The van der Waals surface area contributed by atoms with Crippen molar-refractivity contribution in [2.75, 3.05) is 7.05 Å². The van der Waals surface area contributed by atoms with Gasteiger partial charge in [0.05, 0.1) is 0 Å². The first-order valence-corrected chi connectivity index (χ1v) is 9.99. The van der Waals surface area contributed by atoms with Crippen molar-refractivity contribution in [1.82, 2.24) is 14.0 Å². The Morgan fingerprint density at radius 2 is 1.57 bits per heavy atom. The molecule has 0 aliphatic rings. The van der Waals surface area contributed by atoms with E-state index in [1.165, 1.54) is 25.4 Å². The summed E-state index contributed by atoms with van der Waals surface area (Å²) in [6.07, 6.45) is 1.26. The number of sulfonamides is 2. The maximum atomic E-state index is 12.8. The van der Waals surface area contributed by atoms with E-state index in [9.17, 15) is 16.8 Å². The van der Waals surface area contributed by atoms with Crippen LogP contribution >= 0.6 is 0 Å². The van der Waals surface area contributed by atoms with E-state index < -0.39 is 36.2 Å². The largest absolute Gasteiger partial charge is 0.259 e. The molecule has 0 aliphatic carbocycles. The molecule has 0 radical (unpaired) electrons. The number of pyridine rings is 1. The summed E-state index contributed by atoms with van der Waals surface area (Å²) >= 11 is 0. The normalized spacial score (nSPS) is 14.3. The van der Waals surface area contributed by atoms with Crippen molar-refractivity contribution >= 4 is 20.0 Å². The van der Waals surface area contributed by atoms with Gasteiger partial charge in [0.2, 0.25) is 10.0 Å². The van der Waals surface area contributed by atoms with Crippen LogP contribution in [0.15, 0.2) is 28.3 Å². The Morgan fingerprint density at radius 3 is 2.00 bits per heavy atom. The van der Waals surface area contributed by atoms with Crippen LogP contribution in [0.1, 0.15) is 41.5 Å². The fourth-order valence-electron chi connectivity index (χ4n) is 1.73. The van der Waals surface area contributed by atoms with Crippen molar-refractivity contribution in [3.05, 3.63) is 18.3 Å². The van der Waals surface area contributed by atoms with E-state index in [1.807, 2.05) is 0 Å². The molecule has 1 heterocycles. The molecule has 1 aromatic rings. The highest BCUT2D eigenvalue weighted by molar-refractivity contribution is 7.92. The molecule has 0 amide bonds. The van der Waals surface area contributed by atoms with Gasteiger partial charge < -0.3 is 0 Å². The summed E-state index contributed by atoms with van der Waals surface area (Å²) in [7, 11) is -6.68. The SMILES string of the molecule is CN(C(C)(C)C)S(=O)(=O)c1cccnc1S(=O)(=O)NC(C)(C)C. The Morgan fingerprint density at radius 1 is 1.04 bits per heavy atom. The molecule has 1 N–H and O–H groups in total. The van der Waals surface area contributed by atoms with Crippen molar-refractivity contribution in [2.45, 2.75) is 62.5 Å². The predicted octanol–water partition coefficient (Wildman–Crippen LogP) is 1.58. The van der Waals surface area contributed by atoms with Crippen LogP contribution < -0.4 is 4.72 Å². The quantitative estimate of drug-likeness (QED) is 0.876. The van der Waals surface area contributed by atoms with Gasteiger partial charge in [0.25, 0.3) is 10.0 Å². The number of hydrogen-bond donors (Lipinski definition) is 1. The summed E-state index contributed by atoms with van der Waals surface area (Å²) < 4.78 is 54.2. The molecule has 7 nitrogen and oxygen atoms in total. The Labute approximate surface area is 139 Å². The van der Waals surface area contributed by atoms with E-state index in [0.29, 0.717) is 0 Å². The van der Waals surface area contributed by atoms with Crippen LogP contribution in [-0.2, 0) is 20.0 Å². The zero-order chi connectivity index (χ0) is 18.3. The van der Waals surface area contributed by atoms with Gasteiger partial charge in [-0.15, -0.1) is 0 Å². The Hall–Kier alpha value is -1.03. The summed E-state index contributed by atoms with van der Waals surface area (Å²) in [6.45, 7) is 10.2. The molecule has 0 saturated carbocycles. The molecule has 9 heteroatoms. The van der Waals surface area contributed by atoms with Gasteiger partial charge in [-0.25, -0.2) is 26.5 Å². The van der Waals surface area contributed by atoms with E-state index in [4.69, 9.17) is 0 Å². The third-order valence-electron chi connectivity index (χ3n) is 3.01. The standard InChI is InChI=1S/C14H25N3O4S2/c1-13(2,3)16-22(18,19)12-11(9-8-10-15-12)23(20,21)17(7)14(4,5)6/h8-10,16H,1-7H3. The molecule has 0 aromatic carbocycles. The molecule has 0 spiro atoms. The third kappa shape index (κ3) is 4.72. The lowest BCUT2D eigenvalue weighted by Crippen LogP contribution is -2.44. The number of rotatable bonds is 4. The maximum absolute atomic E-state index is 12.8. The van der Waals surface area contributed by atoms with Crippen LogP contribution in [0.25, 0.3) is 0 Å². The van der Waals surface area contributed by atoms with Crippen LogP contribution in [0.3, 0.4) is 0 Å². The predicted molar refractivity (Wildman–Crippen MR) is 89.0 cm³/mol. The molecular weight excluding hydrogens is 338 g/mol. The van der Waals surface area contributed by atoms with E-state index in [1.54, 1.807) is 41.5 Å². The van der Waals surface area contributed by atoms with E-state index >= 15 is 0 Å². The van der Waals surface area contributed by atoms with Gasteiger partial charge in [-0.1, -0.05) is 0 Å². The van der Waals surface area contributed by atoms with Gasteiger partial charge in [-0.05, 0) is 53.7 Å². The second-order valence-corrected chi connectivity index (χ2v) is 10.8. The van der Waals surface area contributed by atoms with Crippen molar-refractivity contribution in [2.24, 2.45) is 0 Å². The van der Waals surface area contributed by atoms with E-state index in [0.717, 1.165) is 4.31 Å². The molecular formula is C14H25N3O4S2. The van der Waals surface area contributed by atoms with Gasteiger partial charge >= 0.3 is 0 Å². The van der Waals surface area contributed by atoms with E-state index in [2.05, 4.69) is 9.71 Å². The third-order valence-corrected chi connectivity index (χ3v) is 7.01. The second-order valence-electron chi connectivity index (χ2n) is 7.31. The summed E-state index contributed by atoms with van der Waals surface area (Å²) in [4.78, 5) is 3.47. The summed E-state index contributed by atoms with van der Waals surface area (Å²) in [5.41, 5.74) is -1.46. The Balaban J connectivity index is 3.55. The molecule has 0 bridgehead atoms. The van der Waals surface area contributed by atoms with Crippen LogP contribution in [0.2, 0.25) is 0 Å². The van der Waals surface area contributed by atoms with Crippen LogP contribution in [-0.4, -0.2) is 44.3 Å². The smallest absolute Gasteiger partial charge is 0.242 e. The van der Waals surface area contributed by atoms with Crippen LogP contribution in [0.5, 0.6) is 0 Å². The first-order valence-electron chi connectivity index (χ1n) is 7.07. The molecule has 0 aliphatic heterocycles. The van der Waals surface area contributed by atoms with Gasteiger partial charge in [0.15, 0.2) is 5.03 Å². The van der Waals surface area contributed by atoms with E-state index in [-0.39, 0.29) is 4.90 Å². The fourth-order valence-corrected chi connectivity index (χ4v) is 5.35. The van der Waals surface area contributed by atoms with Gasteiger partial charge in [-0.2, -0.15) is 4.31 Å². The molecule has 1 rings (SSSR count). The first-order chi connectivity index (χ1) is 10.1. The number of nitrogens with one attached hydrogen (secondary N) is 1. The van der Waals surface area contributed by atoms with Crippen molar-refractivity contribution in [3.8, 4) is 0 Å². The van der Waals surface area contributed by atoms with Crippen molar-refractivity contribution in [1.29, 1.82) is 0 Å². The molecule has 0 saturated heterocycles. The maximum Gasteiger partial charge on any atom is 0.259 e. The minimum absolute atomic E-state index is 0.339. The summed E-state index contributed by atoms with van der Waals surface area (Å²) in [6, 6.07) is 2.65.